The number of hydrogen-bond acceptors (Lipinski definition) is 7. The molecule has 5 aliphatic rings. The van der Waals surface area contributed by atoms with Gasteiger partial charge in [-0.25, -0.2) is 4.79 Å². The van der Waals surface area contributed by atoms with E-state index < -0.39 is 22.0 Å². The summed E-state index contributed by atoms with van der Waals surface area (Å²) in [6, 6.07) is 2.53. The van der Waals surface area contributed by atoms with Gasteiger partial charge in [-0.05, 0) is 69.3 Å². The Morgan fingerprint density at radius 2 is 1.84 bits per heavy atom. The number of rotatable bonds is 2. The molecule has 4 saturated carbocycles. The van der Waals surface area contributed by atoms with E-state index in [1.165, 1.54) is 13.0 Å². The minimum absolute atomic E-state index is 0.0506. The first kappa shape index (κ1) is 21.9. The molecule has 1 aliphatic heterocycles. The van der Waals surface area contributed by atoms with Crippen LogP contribution in [-0.2, 0) is 19.1 Å². The molecular formula is C25H33NO6. The Morgan fingerprint density at radius 1 is 1.12 bits per heavy atom. The molecule has 0 spiro atoms. The summed E-state index contributed by atoms with van der Waals surface area (Å²) in [5.74, 6) is -0.827. The lowest BCUT2D eigenvalue weighted by Gasteiger charge is -2.64. The van der Waals surface area contributed by atoms with Gasteiger partial charge in [-0.2, -0.15) is 5.26 Å². The Kier molecular flexibility index (Phi) is 4.82. The van der Waals surface area contributed by atoms with E-state index >= 15 is 0 Å². The van der Waals surface area contributed by atoms with Crippen LogP contribution in [0.4, 0.5) is 0 Å². The summed E-state index contributed by atoms with van der Waals surface area (Å²) in [7, 11) is 0. The van der Waals surface area contributed by atoms with Crippen molar-refractivity contribution in [1.82, 2.24) is 0 Å². The molecule has 9 atom stereocenters. The smallest absolute Gasteiger partial charge is 0.331 e. The second kappa shape index (κ2) is 7.04. The summed E-state index contributed by atoms with van der Waals surface area (Å²) in [6.07, 6.45) is 7.86. The van der Waals surface area contributed by atoms with Crippen molar-refractivity contribution in [3.63, 3.8) is 0 Å². The van der Waals surface area contributed by atoms with Gasteiger partial charge in [-0.1, -0.05) is 6.92 Å². The molecule has 0 unspecified atom stereocenters. The van der Waals surface area contributed by atoms with E-state index in [0.29, 0.717) is 32.1 Å². The number of carbonyl (C=O) groups excluding carboxylic acids is 2. The number of esters is 2. The van der Waals surface area contributed by atoms with Crippen molar-refractivity contribution < 1.29 is 29.3 Å². The highest BCUT2D eigenvalue weighted by Gasteiger charge is 2.72. The van der Waals surface area contributed by atoms with Crippen LogP contribution in [0.2, 0.25) is 0 Å². The van der Waals surface area contributed by atoms with Crippen LogP contribution in [0.5, 0.6) is 0 Å². The minimum Gasteiger partial charge on any atom is -0.462 e. The van der Waals surface area contributed by atoms with E-state index in [9.17, 15) is 25.1 Å². The number of aliphatic hydroxyl groups is 2. The van der Waals surface area contributed by atoms with Gasteiger partial charge in [-0.3, -0.25) is 4.79 Å². The number of nitriles is 1. The number of hydrogen-bond donors (Lipinski definition) is 2. The fourth-order valence-corrected chi connectivity index (χ4v) is 8.57. The maximum absolute atomic E-state index is 12.2. The number of carbonyl (C=O) groups is 2. The second-order valence-electron chi connectivity index (χ2n) is 11.1. The lowest BCUT2D eigenvalue weighted by atomic mass is 9.41. The van der Waals surface area contributed by atoms with Crippen LogP contribution in [0.15, 0.2) is 12.2 Å². The second-order valence-corrected chi connectivity index (χ2v) is 11.1. The molecule has 2 N–H and O–H groups in total. The van der Waals surface area contributed by atoms with Crippen molar-refractivity contribution in [2.24, 2.45) is 28.6 Å². The first-order valence-corrected chi connectivity index (χ1v) is 12.0. The molecular weight excluding hydrogens is 410 g/mol. The van der Waals surface area contributed by atoms with E-state index in [4.69, 9.17) is 9.47 Å². The van der Waals surface area contributed by atoms with Crippen LogP contribution >= 0.6 is 0 Å². The lowest BCUT2D eigenvalue weighted by molar-refractivity contribution is -0.247. The quantitative estimate of drug-likeness (QED) is 0.630. The highest BCUT2D eigenvalue weighted by molar-refractivity contribution is 5.84. The minimum atomic E-state index is -1.22. The van der Waals surface area contributed by atoms with Gasteiger partial charge in [0.2, 0.25) is 0 Å². The molecule has 0 aromatic heterocycles. The van der Waals surface area contributed by atoms with Gasteiger partial charge in [0.1, 0.15) is 12.2 Å². The summed E-state index contributed by atoms with van der Waals surface area (Å²) in [4.78, 5) is 23.2. The maximum atomic E-state index is 12.2. The highest BCUT2D eigenvalue weighted by Crippen LogP contribution is 2.70. The van der Waals surface area contributed by atoms with Gasteiger partial charge in [0.25, 0.3) is 0 Å². The van der Waals surface area contributed by atoms with Gasteiger partial charge >= 0.3 is 11.9 Å². The zero-order valence-electron chi connectivity index (χ0n) is 18.9. The zero-order valence-corrected chi connectivity index (χ0v) is 18.9. The van der Waals surface area contributed by atoms with Crippen LogP contribution in [-0.4, -0.2) is 45.6 Å². The summed E-state index contributed by atoms with van der Waals surface area (Å²) >= 11 is 0. The Hall–Kier alpha value is -1.91. The molecule has 7 nitrogen and oxygen atoms in total. The fraction of sp³-hybridized carbons (Fsp3) is 0.800. The molecule has 0 aromatic rings. The summed E-state index contributed by atoms with van der Waals surface area (Å²) < 4.78 is 10.9. The van der Waals surface area contributed by atoms with Gasteiger partial charge in [0, 0.05) is 30.8 Å². The topological polar surface area (TPSA) is 117 Å². The van der Waals surface area contributed by atoms with Gasteiger partial charge in [0.05, 0.1) is 22.7 Å². The van der Waals surface area contributed by atoms with Crippen molar-refractivity contribution in [3.05, 3.63) is 12.2 Å². The third-order valence-electron chi connectivity index (χ3n) is 10.1. The van der Waals surface area contributed by atoms with E-state index in [2.05, 4.69) is 13.0 Å². The Labute approximate surface area is 188 Å². The van der Waals surface area contributed by atoms with Crippen molar-refractivity contribution in [3.8, 4) is 6.07 Å². The third kappa shape index (κ3) is 2.72. The standard InChI is InChI=1S/C25H33NO6/c1-15(27)31-16-5-10-23(14-26)17-6-9-22(2)19(20-3-4-21(28)32-20)8-12-25(22,30)18(17)7-11-24(23,29)13-16/h3-4,16-20,29-30H,5-13H2,1-2H3/t16-,17-,18+,19-,20+,22+,23-,24-,25-/m0/s1. The Morgan fingerprint density at radius 3 is 2.50 bits per heavy atom. The monoisotopic (exact) mass is 443 g/mol. The molecule has 0 saturated heterocycles. The van der Waals surface area contributed by atoms with Gasteiger partial charge < -0.3 is 19.7 Å². The molecule has 32 heavy (non-hydrogen) atoms. The normalized spacial score (nSPS) is 51.7. The summed E-state index contributed by atoms with van der Waals surface area (Å²) in [5, 5.41) is 34.4. The van der Waals surface area contributed by atoms with Crippen LogP contribution in [0, 0.1) is 39.9 Å². The third-order valence-corrected chi connectivity index (χ3v) is 10.1. The molecule has 174 valence electrons. The van der Waals surface area contributed by atoms with Crippen molar-refractivity contribution >= 4 is 11.9 Å². The molecule has 0 radical (unpaired) electrons. The molecule has 1 heterocycles. The van der Waals surface area contributed by atoms with Crippen molar-refractivity contribution in [1.29, 1.82) is 5.26 Å². The summed E-state index contributed by atoms with van der Waals surface area (Å²) in [6.45, 7) is 3.50. The predicted molar refractivity (Wildman–Crippen MR) is 113 cm³/mol. The van der Waals surface area contributed by atoms with Gasteiger partial charge in [0.15, 0.2) is 0 Å². The summed E-state index contributed by atoms with van der Waals surface area (Å²) in [5.41, 5.74) is -3.52. The molecule has 0 amide bonds. The molecule has 4 aliphatic carbocycles. The molecule has 4 fully saturated rings. The maximum Gasteiger partial charge on any atom is 0.331 e. The molecule has 5 rings (SSSR count). The van der Waals surface area contributed by atoms with E-state index in [-0.39, 0.29) is 48.3 Å². The van der Waals surface area contributed by atoms with Crippen LogP contribution < -0.4 is 0 Å². The van der Waals surface area contributed by atoms with Crippen LogP contribution in [0.25, 0.3) is 0 Å². The van der Waals surface area contributed by atoms with E-state index in [1.807, 2.05) is 6.08 Å². The Bertz CT molecular complexity index is 911. The molecule has 0 bridgehead atoms. The van der Waals surface area contributed by atoms with E-state index in [1.54, 1.807) is 0 Å². The zero-order chi connectivity index (χ0) is 22.9. The van der Waals surface area contributed by atoms with E-state index in [0.717, 1.165) is 19.3 Å². The average molecular weight is 444 g/mol. The number of cyclic esters (lactones) is 1. The molecule has 0 aromatic carbocycles. The number of ether oxygens (including phenoxy) is 2. The average Bonchev–Trinajstić information content (AvgIpc) is 3.27. The molecule has 7 heteroatoms. The highest BCUT2D eigenvalue weighted by atomic mass is 16.5. The van der Waals surface area contributed by atoms with Crippen molar-refractivity contribution in [2.45, 2.75) is 95.0 Å². The Balaban J connectivity index is 1.45. The first-order chi connectivity index (χ1) is 15.1. The SMILES string of the molecule is CC(=O)O[C@H]1CC[C@]2(C#N)[C@H]3CC[C@]4(C)[C@H]([C@H]5C=CC(=O)O5)CC[C@]4(O)[C@@H]3CC[C@]2(O)C1. The lowest BCUT2D eigenvalue weighted by Crippen LogP contribution is -2.68. The largest absolute Gasteiger partial charge is 0.462 e. The van der Waals surface area contributed by atoms with Crippen molar-refractivity contribution in [2.75, 3.05) is 0 Å². The number of nitrogens with zero attached hydrogens (tertiary/aromatic N) is 1. The fourth-order valence-electron chi connectivity index (χ4n) is 8.57. The first-order valence-electron chi connectivity index (χ1n) is 12.0. The number of fused-ring (bicyclic) bond motifs is 5. The van der Waals surface area contributed by atoms with Crippen LogP contribution in [0.1, 0.15) is 71.6 Å². The predicted octanol–water partition coefficient (Wildman–Crippen LogP) is 2.79. The van der Waals surface area contributed by atoms with Gasteiger partial charge in [-0.15, -0.1) is 0 Å². The van der Waals surface area contributed by atoms with Crippen LogP contribution in [0.3, 0.4) is 0 Å².